The number of aliphatic hydroxyl groups excluding tert-OH is 1. The number of anilines is 1. The number of ether oxygens (including phenoxy) is 1. The summed E-state index contributed by atoms with van der Waals surface area (Å²) in [6.45, 7) is 0. The van der Waals surface area contributed by atoms with Gasteiger partial charge < -0.3 is 20.5 Å². The van der Waals surface area contributed by atoms with E-state index in [0.29, 0.717) is 4.99 Å². The number of aliphatic hydroxyl groups is 1. The Labute approximate surface area is 125 Å². The van der Waals surface area contributed by atoms with E-state index >= 15 is 0 Å². The zero-order valence-corrected chi connectivity index (χ0v) is 12.8. The van der Waals surface area contributed by atoms with Gasteiger partial charge in [0, 0.05) is 18.7 Å². The number of nitrogens with zero attached hydrogens (tertiary/aromatic N) is 1. The summed E-state index contributed by atoms with van der Waals surface area (Å²) < 4.78 is 5.28. The highest BCUT2D eigenvalue weighted by molar-refractivity contribution is 7.80. The third kappa shape index (κ3) is 3.04. The van der Waals surface area contributed by atoms with Crippen molar-refractivity contribution in [3.05, 3.63) is 23.8 Å². The Hall–Kier alpha value is -1.33. The largest absolute Gasteiger partial charge is 0.497 e. The van der Waals surface area contributed by atoms with Crippen LogP contribution in [0.15, 0.2) is 18.2 Å². The molecule has 0 bridgehead atoms. The highest BCUT2D eigenvalue weighted by Gasteiger charge is 2.28. The summed E-state index contributed by atoms with van der Waals surface area (Å²) in [6.07, 6.45) is 3.75. The first-order valence-corrected chi connectivity index (χ1v) is 7.34. The lowest BCUT2D eigenvalue weighted by molar-refractivity contribution is 0.106. The van der Waals surface area contributed by atoms with Crippen molar-refractivity contribution in [3.8, 4) is 5.75 Å². The molecule has 2 rings (SSSR count). The van der Waals surface area contributed by atoms with Crippen molar-refractivity contribution in [2.24, 2.45) is 5.73 Å². The summed E-state index contributed by atoms with van der Waals surface area (Å²) in [6, 6.07) is 5.75. The Morgan fingerprint density at radius 3 is 2.70 bits per heavy atom. The molecule has 3 N–H and O–H groups in total. The molecule has 0 amide bonds. The van der Waals surface area contributed by atoms with Crippen molar-refractivity contribution >= 4 is 22.9 Å². The predicted molar refractivity (Wildman–Crippen MR) is 85.5 cm³/mol. The summed E-state index contributed by atoms with van der Waals surface area (Å²) >= 11 is 5.13. The Kier molecular flexibility index (Phi) is 4.83. The van der Waals surface area contributed by atoms with Crippen LogP contribution in [0.1, 0.15) is 31.2 Å². The Morgan fingerprint density at radius 1 is 1.40 bits per heavy atom. The molecule has 1 fully saturated rings. The van der Waals surface area contributed by atoms with Gasteiger partial charge in [-0.05, 0) is 25.0 Å². The van der Waals surface area contributed by atoms with Gasteiger partial charge in [0.25, 0.3) is 0 Å². The van der Waals surface area contributed by atoms with E-state index in [9.17, 15) is 5.11 Å². The molecule has 4 nitrogen and oxygen atoms in total. The third-order valence-corrected chi connectivity index (χ3v) is 4.26. The number of hydrogen-bond acceptors (Lipinski definition) is 4. The second-order valence-corrected chi connectivity index (χ2v) is 5.72. The highest BCUT2D eigenvalue weighted by Crippen LogP contribution is 2.31. The fraction of sp³-hybridized carbons (Fsp3) is 0.533. The zero-order valence-electron chi connectivity index (χ0n) is 12.0. The number of likely N-dealkylation sites (N-methyl/N-ethyl adjacent to an activating group) is 1. The highest BCUT2D eigenvalue weighted by atomic mass is 32.1. The molecule has 5 heteroatoms. The molecule has 110 valence electrons. The number of thiocarbonyl (C=S) groups is 1. The van der Waals surface area contributed by atoms with Crippen molar-refractivity contribution in [1.29, 1.82) is 0 Å². The van der Waals surface area contributed by atoms with E-state index in [-0.39, 0.29) is 12.1 Å². The maximum Gasteiger partial charge on any atom is 0.120 e. The molecule has 1 aliphatic rings. The lowest BCUT2D eigenvalue weighted by Crippen LogP contribution is -2.44. The van der Waals surface area contributed by atoms with Gasteiger partial charge in [0.2, 0.25) is 0 Å². The number of hydrogen-bond donors (Lipinski definition) is 2. The van der Waals surface area contributed by atoms with Crippen LogP contribution in [-0.2, 0) is 0 Å². The summed E-state index contributed by atoms with van der Waals surface area (Å²) in [4.78, 5) is 2.45. The van der Waals surface area contributed by atoms with Crippen LogP contribution in [0.4, 0.5) is 5.69 Å². The molecular formula is C15H22N2O2S. The monoisotopic (exact) mass is 294 g/mol. The average molecular weight is 294 g/mol. The minimum Gasteiger partial charge on any atom is -0.497 e. The Bertz CT molecular complexity index is 493. The fourth-order valence-electron chi connectivity index (χ4n) is 2.86. The van der Waals surface area contributed by atoms with E-state index in [2.05, 4.69) is 4.90 Å². The van der Waals surface area contributed by atoms with Crippen LogP contribution >= 0.6 is 12.2 Å². The molecule has 1 aromatic rings. The predicted octanol–water partition coefficient (Wildman–Crippen LogP) is 2.07. The van der Waals surface area contributed by atoms with Gasteiger partial charge in [-0.1, -0.05) is 25.1 Å². The second kappa shape index (κ2) is 6.41. The first-order valence-electron chi connectivity index (χ1n) is 6.93. The molecule has 0 saturated heterocycles. The SMILES string of the molecule is COc1ccc(C(N)=S)c(N(C)C2CCCCC2O)c1. The molecule has 0 aliphatic heterocycles. The van der Waals surface area contributed by atoms with Crippen molar-refractivity contribution in [2.45, 2.75) is 37.8 Å². The standard InChI is InChI=1S/C15H22N2O2S/c1-17(12-5-3-4-6-14(12)18)13-9-10(19-2)7-8-11(13)15(16)20/h7-9,12,14,18H,3-6H2,1-2H3,(H2,16,20). The normalized spacial score (nSPS) is 22.4. The number of nitrogens with two attached hydrogens (primary N) is 1. The van der Waals surface area contributed by atoms with Gasteiger partial charge in [0.1, 0.15) is 10.7 Å². The maximum absolute atomic E-state index is 10.2. The zero-order chi connectivity index (χ0) is 14.7. The minimum absolute atomic E-state index is 0.101. The number of benzene rings is 1. The molecule has 0 aromatic heterocycles. The number of methoxy groups -OCH3 is 1. The van der Waals surface area contributed by atoms with Gasteiger partial charge in [-0.2, -0.15) is 0 Å². The lowest BCUT2D eigenvalue weighted by Gasteiger charge is -2.37. The van der Waals surface area contributed by atoms with Crippen molar-refractivity contribution < 1.29 is 9.84 Å². The first kappa shape index (κ1) is 15.1. The summed E-state index contributed by atoms with van der Waals surface area (Å²) in [5.41, 5.74) is 7.55. The third-order valence-electron chi connectivity index (χ3n) is 4.04. The molecule has 2 unspecified atom stereocenters. The molecule has 1 aliphatic carbocycles. The molecule has 20 heavy (non-hydrogen) atoms. The van der Waals surface area contributed by atoms with Gasteiger partial charge >= 0.3 is 0 Å². The van der Waals surface area contributed by atoms with Crippen LogP contribution < -0.4 is 15.4 Å². The summed E-state index contributed by atoms with van der Waals surface area (Å²) in [5, 5.41) is 10.2. The maximum atomic E-state index is 10.2. The molecular weight excluding hydrogens is 272 g/mol. The van der Waals surface area contributed by atoms with Gasteiger partial charge in [0.05, 0.1) is 24.9 Å². The van der Waals surface area contributed by atoms with E-state index in [1.54, 1.807) is 7.11 Å². The molecule has 0 radical (unpaired) electrons. The summed E-state index contributed by atoms with van der Waals surface area (Å²) in [7, 11) is 3.62. The molecule has 1 aromatic carbocycles. The van der Waals surface area contributed by atoms with Gasteiger partial charge in [-0.3, -0.25) is 0 Å². The molecule has 0 heterocycles. The molecule has 0 spiro atoms. The minimum atomic E-state index is -0.306. The molecule has 2 atom stereocenters. The van der Waals surface area contributed by atoms with E-state index < -0.39 is 0 Å². The lowest BCUT2D eigenvalue weighted by atomic mass is 9.91. The topological polar surface area (TPSA) is 58.7 Å². The van der Waals surface area contributed by atoms with Gasteiger partial charge in [0.15, 0.2) is 0 Å². The van der Waals surface area contributed by atoms with E-state index in [4.69, 9.17) is 22.7 Å². The van der Waals surface area contributed by atoms with Crippen LogP contribution in [0.25, 0.3) is 0 Å². The van der Waals surface area contributed by atoms with Gasteiger partial charge in [-0.25, -0.2) is 0 Å². The second-order valence-electron chi connectivity index (χ2n) is 5.28. The first-order chi connectivity index (χ1) is 9.54. The van der Waals surface area contributed by atoms with Crippen molar-refractivity contribution in [2.75, 3.05) is 19.1 Å². The van der Waals surface area contributed by atoms with Crippen LogP contribution in [-0.4, -0.2) is 36.4 Å². The fourth-order valence-corrected chi connectivity index (χ4v) is 3.03. The summed E-state index contributed by atoms with van der Waals surface area (Å²) in [5.74, 6) is 0.761. The average Bonchev–Trinajstić information content (AvgIpc) is 2.46. The van der Waals surface area contributed by atoms with E-state index in [1.165, 1.54) is 0 Å². The van der Waals surface area contributed by atoms with E-state index in [0.717, 1.165) is 42.7 Å². The Morgan fingerprint density at radius 2 is 2.10 bits per heavy atom. The van der Waals surface area contributed by atoms with Crippen LogP contribution in [0, 0.1) is 0 Å². The van der Waals surface area contributed by atoms with Crippen molar-refractivity contribution in [1.82, 2.24) is 0 Å². The smallest absolute Gasteiger partial charge is 0.120 e. The van der Waals surface area contributed by atoms with Crippen LogP contribution in [0.2, 0.25) is 0 Å². The van der Waals surface area contributed by atoms with Crippen LogP contribution in [0.3, 0.4) is 0 Å². The molecule has 1 saturated carbocycles. The quantitative estimate of drug-likeness (QED) is 0.833. The number of rotatable bonds is 4. The van der Waals surface area contributed by atoms with E-state index in [1.807, 2.05) is 25.2 Å². The van der Waals surface area contributed by atoms with Crippen molar-refractivity contribution in [3.63, 3.8) is 0 Å². The Balaban J connectivity index is 2.35. The van der Waals surface area contributed by atoms with Gasteiger partial charge in [-0.15, -0.1) is 0 Å². The van der Waals surface area contributed by atoms with Crippen LogP contribution in [0.5, 0.6) is 5.75 Å².